The van der Waals surface area contributed by atoms with E-state index >= 15 is 0 Å². The Bertz CT molecular complexity index is 585. The Morgan fingerprint density at radius 2 is 1.55 bits per heavy atom. The summed E-state index contributed by atoms with van der Waals surface area (Å²) in [6, 6.07) is 18.3. The Morgan fingerprint density at radius 3 is 2.10 bits per heavy atom. The fourth-order valence-corrected chi connectivity index (χ4v) is 13.0. The molecule has 0 fully saturated rings. The van der Waals surface area contributed by atoms with Crippen LogP contribution in [0.2, 0.25) is 0 Å². The van der Waals surface area contributed by atoms with Gasteiger partial charge in [0.05, 0.1) is 0 Å². The number of rotatable bonds is 5. The quantitative estimate of drug-likeness (QED) is 0.419. The van der Waals surface area contributed by atoms with E-state index in [4.69, 9.17) is 9.84 Å². The van der Waals surface area contributed by atoms with Crippen molar-refractivity contribution in [3.05, 3.63) is 54.6 Å². The summed E-state index contributed by atoms with van der Waals surface area (Å²) in [4.78, 5) is 10.5. The zero-order valence-corrected chi connectivity index (χ0v) is 17.0. The molecule has 0 saturated carbocycles. The van der Waals surface area contributed by atoms with E-state index < -0.39 is 16.3 Å². The molecule has 0 unspecified atom stereocenters. The summed E-state index contributed by atoms with van der Waals surface area (Å²) in [5.74, 6) is -0.371. The van der Waals surface area contributed by atoms with Crippen molar-refractivity contribution >= 4 is 60.9 Å². The molecule has 106 valence electrons. The number of hydrogen-bond donors (Lipinski definition) is 1. The third-order valence-corrected chi connectivity index (χ3v) is 21.1. The third kappa shape index (κ3) is 4.23. The van der Waals surface area contributed by atoms with Crippen LogP contribution in [0.1, 0.15) is 0 Å². The van der Waals surface area contributed by atoms with Crippen molar-refractivity contribution in [3.63, 3.8) is 0 Å². The van der Waals surface area contributed by atoms with Crippen LogP contribution in [0.25, 0.3) is 0 Å². The van der Waals surface area contributed by atoms with E-state index in [1.54, 1.807) is 0 Å². The van der Waals surface area contributed by atoms with E-state index in [1.807, 2.05) is 30.3 Å². The molecule has 0 aliphatic heterocycles. The number of carbonyl (C=O) groups is 1. The van der Waals surface area contributed by atoms with E-state index in [0.29, 0.717) is 5.75 Å². The fourth-order valence-electron chi connectivity index (χ4n) is 1.58. The normalized spacial score (nSPS) is 11.9. The molecule has 3 nitrogen and oxygen atoms in total. The number of hydrogen-bond acceptors (Lipinski definition) is 2. The predicted molar refractivity (Wildman–Crippen MR) is 99.1 cm³/mol. The van der Waals surface area contributed by atoms with Gasteiger partial charge in [-0.1, -0.05) is 0 Å². The molecular weight excluding hydrogens is 598 g/mol. The third-order valence-electron chi connectivity index (χ3n) is 2.52. The summed E-state index contributed by atoms with van der Waals surface area (Å²) in [7, 11) is -2.34. The Balaban J connectivity index is 2.19. The molecule has 20 heavy (non-hydrogen) atoms. The van der Waals surface area contributed by atoms with Crippen molar-refractivity contribution in [3.8, 4) is 5.75 Å². The van der Waals surface area contributed by atoms with Crippen LogP contribution in [0.4, 0.5) is 0 Å². The summed E-state index contributed by atoms with van der Waals surface area (Å²) in [6.07, 6.45) is 0. The van der Waals surface area contributed by atoms with Crippen LogP contribution in [-0.2, 0) is 4.79 Å². The molecule has 0 aliphatic rings. The molecule has 6 heteroatoms. The zero-order chi connectivity index (χ0) is 14.6. The Labute approximate surface area is 141 Å². The zero-order valence-electron chi connectivity index (χ0n) is 10.3. The van der Waals surface area contributed by atoms with E-state index in [1.165, 1.54) is 7.22 Å². The first kappa shape index (κ1) is 16.3. The molecule has 0 aliphatic carbocycles. The van der Waals surface area contributed by atoms with Gasteiger partial charge in [0.25, 0.3) is 0 Å². The molecule has 0 aromatic heterocycles. The first-order valence-corrected chi connectivity index (χ1v) is 21.6. The number of benzene rings is 2. The molecule has 2 rings (SSSR count). The molecule has 0 saturated heterocycles. The van der Waals surface area contributed by atoms with Gasteiger partial charge in [-0.25, -0.2) is 0 Å². The topological polar surface area (TPSA) is 46.5 Å². The molecule has 2 aromatic carbocycles. The summed E-state index contributed by atoms with van der Waals surface area (Å²) < 4.78 is 7.88. The fraction of sp³-hybridized carbons (Fsp3) is 0.0714. The Kier molecular flexibility index (Phi) is 5.95. The van der Waals surface area contributed by atoms with Crippen molar-refractivity contribution < 1.29 is 14.6 Å². The molecule has 2 aromatic rings. The second-order valence-electron chi connectivity index (χ2n) is 3.94. The van der Waals surface area contributed by atoms with Crippen molar-refractivity contribution in [2.75, 3.05) is 6.61 Å². The van der Waals surface area contributed by atoms with Gasteiger partial charge < -0.3 is 0 Å². The standard InChI is InChI=1S/C14H12I2O3Te/c15-20(16,12-4-2-1-3-5-12)13-8-6-11(7-9-13)19-10-14(17)18/h1-9H,10H2,(H,17,18). The number of aliphatic carboxylic acids is 1. The molecule has 0 atom stereocenters. The van der Waals surface area contributed by atoms with Crippen molar-refractivity contribution in [2.24, 2.45) is 0 Å². The summed E-state index contributed by atoms with van der Waals surface area (Å²) in [6.45, 7) is -0.306. The van der Waals surface area contributed by atoms with Crippen molar-refractivity contribution in [2.45, 2.75) is 0 Å². The van der Waals surface area contributed by atoms with Gasteiger partial charge in [-0.15, -0.1) is 0 Å². The number of carboxylic acids is 1. The average Bonchev–Trinajstić information content (AvgIpc) is 2.46. The van der Waals surface area contributed by atoms with Gasteiger partial charge in [-0.3, -0.25) is 0 Å². The minimum absolute atomic E-state index is 0.306. The molecular formula is C14H12I2O3Te. The number of carboxylic acid groups (broad SMARTS) is 1. The second kappa shape index (κ2) is 7.29. The first-order chi connectivity index (χ1) is 9.50. The molecule has 0 amide bonds. The maximum atomic E-state index is 10.5. The summed E-state index contributed by atoms with van der Waals surface area (Å²) in [5.41, 5.74) is 0. The van der Waals surface area contributed by atoms with Crippen LogP contribution in [0, 0.1) is 0 Å². The minimum atomic E-state index is -2.34. The van der Waals surface area contributed by atoms with Crippen LogP contribution in [-0.4, -0.2) is 28.0 Å². The molecule has 0 bridgehead atoms. The second-order valence-corrected chi connectivity index (χ2v) is 38.3. The number of halogens is 2. The summed E-state index contributed by atoms with van der Waals surface area (Å²) in [5, 5.41) is 8.59. The summed E-state index contributed by atoms with van der Waals surface area (Å²) >= 11 is 5.19. The van der Waals surface area contributed by atoms with Crippen LogP contribution in [0.15, 0.2) is 54.6 Å². The van der Waals surface area contributed by atoms with Crippen LogP contribution in [0.5, 0.6) is 5.75 Å². The van der Waals surface area contributed by atoms with Gasteiger partial charge in [0.2, 0.25) is 0 Å². The molecule has 0 spiro atoms. The maximum absolute atomic E-state index is 10.5. The SMILES string of the molecule is O=C(O)COc1ccc([Te](I)(I)c2ccccc2)cc1. The van der Waals surface area contributed by atoms with Crippen LogP contribution < -0.4 is 12.0 Å². The first-order valence-electron chi connectivity index (χ1n) is 5.72. The Hall–Kier alpha value is -0.0404. The monoisotopic (exact) mass is 612 g/mol. The van der Waals surface area contributed by atoms with E-state index in [2.05, 4.69) is 61.7 Å². The molecule has 0 radical (unpaired) electrons. The van der Waals surface area contributed by atoms with Crippen molar-refractivity contribution in [1.82, 2.24) is 0 Å². The van der Waals surface area contributed by atoms with Crippen LogP contribution in [0.3, 0.4) is 0 Å². The molecule has 1 N–H and O–H groups in total. The molecule has 0 heterocycles. The van der Waals surface area contributed by atoms with Crippen molar-refractivity contribution in [1.29, 1.82) is 0 Å². The van der Waals surface area contributed by atoms with Gasteiger partial charge >= 0.3 is 142 Å². The van der Waals surface area contributed by atoms with E-state index in [0.717, 1.165) is 0 Å². The van der Waals surface area contributed by atoms with Gasteiger partial charge in [0.1, 0.15) is 0 Å². The van der Waals surface area contributed by atoms with Gasteiger partial charge in [0.15, 0.2) is 0 Å². The number of ether oxygens (including phenoxy) is 1. The average molecular weight is 610 g/mol. The van der Waals surface area contributed by atoms with Gasteiger partial charge in [-0.05, 0) is 0 Å². The van der Waals surface area contributed by atoms with Crippen LogP contribution >= 0.6 is 37.4 Å². The predicted octanol–water partition coefficient (Wildman–Crippen LogP) is 2.58. The van der Waals surface area contributed by atoms with Gasteiger partial charge in [0, 0.05) is 0 Å². The van der Waals surface area contributed by atoms with Gasteiger partial charge in [-0.2, -0.15) is 0 Å². The van der Waals surface area contributed by atoms with E-state index in [9.17, 15) is 4.79 Å². The Morgan fingerprint density at radius 1 is 1.00 bits per heavy atom. The van der Waals surface area contributed by atoms with E-state index in [-0.39, 0.29) is 6.61 Å².